The third-order valence-electron chi connectivity index (χ3n) is 9.88. The molecule has 2 nitrogen and oxygen atoms in total. The van der Waals surface area contributed by atoms with Gasteiger partial charge in [0.15, 0.2) is 0 Å². The molecule has 6 rings (SSSR count). The van der Waals surface area contributed by atoms with E-state index < -0.39 is 13.9 Å². The Morgan fingerprint density at radius 1 is 0.694 bits per heavy atom. The molecule has 1 heterocycles. The number of allylic oxidation sites excluding steroid dienone is 3. The Morgan fingerprint density at radius 2 is 1.12 bits per heavy atom. The second-order valence-electron chi connectivity index (χ2n) is 14.0. The largest absolute Gasteiger partial charge is 0.403 e. The summed E-state index contributed by atoms with van der Waals surface area (Å²) in [6.07, 6.45) is 10.5. The molecule has 1 saturated heterocycles. The van der Waals surface area contributed by atoms with Crippen molar-refractivity contribution < 1.29 is 4.43 Å². The first-order valence-corrected chi connectivity index (χ1v) is 19.5. The van der Waals surface area contributed by atoms with Gasteiger partial charge in [0.25, 0.3) is 8.32 Å². The molecule has 3 heteroatoms. The number of rotatable bonds is 14. The molecule has 0 spiro atoms. The van der Waals surface area contributed by atoms with Gasteiger partial charge in [0.2, 0.25) is 0 Å². The van der Waals surface area contributed by atoms with Crippen molar-refractivity contribution in [1.82, 2.24) is 4.90 Å². The van der Waals surface area contributed by atoms with E-state index in [2.05, 4.69) is 202 Å². The van der Waals surface area contributed by atoms with E-state index in [1.54, 1.807) is 0 Å². The van der Waals surface area contributed by atoms with Crippen LogP contribution in [0.3, 0.4) is 0 Å². The van der Waals surface area contributed by atoms with Crippen LogP contribution in [-0.4, -0.2) is 32.4 Å². The van der Waals surface area contributed by atoms with Gasteiger partial charge in [-0.3, -0.25) is 4.90 Å². The third-order valence-corrected chi connectivity index (χ3v) is 14.9. The summed E-state index contributed by atoms with van der Waals surface area (Å²) >= 11 is 0. The van der Waals surface area contributed by atoms with Gasteiger partial charge in [-0.2, -0.15) is 0 Å². The van der Waals surface area contributed by atoms with E-state index in [1.807, 2.05) is 6.08 Å². The lowest BCUT2D eigenvalue weighted by molar-refractivity contribution is 0.320. The van der Waals surface area contributed by atoms with E-state index in [-0.39, 0.29) is 11.1 Å². The van der Waals surface area contributed by atoms with Gasteiger partial charge in [0, 0.05) is 12.6 Å². The Morgan fingerprint density at radius 3 is 1.53 bits per heavy atom. The molecule has 0 aliphatic carbocycles. The van der Waals surface area contributed by atoms with Gasteiger partial charge in [0.1, 0.15) is 0 Å². The van der Waals surface area contributed by atoms with E-state index in [0.29, 0.717) is 6.61 Å². The first-order chi connectivity index (χ1) is 23.9. The van der Waals surface area contributed by atoms with Gasteiger partial charge < -0.3 is 4.43 Å². The first-order valence-electron chi connectivity index (χ1n) is 17.6. The molecular weight excluding hydrogens is 611 g/mol. The molecule has 0 saturated carbocycles. The van der Waals surface area contributed by atoms with Gasteiger partial charge in [-0.05, 0) is 50.5 Å². The Kier molecular flexibility index (Phi) is 10.7. The van der Waals surface area contributed by atoms with Crippen LogP contribution in [0.4, 0.5) is 0 Å². The van der Waals surface area contributed by atoms with Crippen molar-refractivity contribution >= 4 is 18.7 Å². The molecule has 1 unspecified atom stereocenters. The summed E-state index contributed by atoms with van der Waals surface area (Å²) in [4.78, 5) is 2.66. The van der Waals surface area contributed by atoms with Crippen LogP contribution in [0.5, 0.6) is 0 Å². The summed E-state index contributed by atoms with van der Waals surface area (Å²) in [6.45, 7) is 12.5. The second kappa shape index (κ2) is 15.3. The molecule has 0 N–H and O–H groups in total. The highest BCUT2D eigenvalue weighted by Gasteiger charge is 2.53. The number of hydrogen-bond donors (Lipinski definition) is 0. The lowest BCUT2D eigenvalue weighted by Gasteiger charge is -2.43. The summed E-state index contributed by atoms with van der Waals surface area (Å²) in [5.41, 5.74) is 4.77. The number of nitrogens with zero attached hydrogens (tertiary/aromatic N) is 1. The summed E-state index contributed by atoms with van der Waals surface area (Å²) < 4.78 is 7.50. The molecule has 0 aromatic heterocycles. The SMILES string of the molecule is C=C/C=C/CC/C(=C\[C@@H]1CN1C(c1ccccc1)(c1ccccc1)c1ccccc1)CO[Si](c1ccccc1)(c1ccccc1)C(C)(C)C. The monoisotopic (exact) mass is 659 g/mol. The Hall–Kier alpha value is -4.54. The first kappa shape index (κ1) is 34.3. The van der Waals surface area contributed by atoms with Gasteiger partial charge in [-0.1, -0.05) is 203 Å². The molecule has 0 bridgehead atoms. The molecule has 5 aromatic carbocycles. The maximum Gasteiger partial charge on any atom is 0.261 e. The van der Waals surface area contributed by atoms with Gasteiger partial charge in [-0.15, -0.1) is 0 Å². The average Bonchev–Trinajstić information content (AvgIpc) is 3.91. The summed E-state index contributed by atoms with van der Waals surface area (Å²) in [5.74, 6) is 0. The van der Waals surface area contributed by atoms with Crippen molar-refractivity contribution in [2.24, 2.45) is 0 Å². The number of hydrogen-bond acceptors (Lipinski definition) is 2. The summed E-state index contributed by atoms with van der Waals surface area (Å²) in [5, 5.41) is 2.53. The predicted molar refractivity (Wildman–Crippen MR) is 210 cm³/mol. The second-order valence-corrected chi connectivity index (χ2v) is 18.3. The van der Waals surface area contributed by atoms with Crippen LogP contribution in [0.1, 0.15) is 50.3 Å². The standard InChI is InChI=1S/C46H49NOSi/c1-5-6-7-13-24-38(37-48-49(45(2,3)4,43-31-20-11-21-32-43)44-33-22-12-23-34-44)35-42-36-47(42)46(39-25-14-8-15-26-39,40-27-16-9-17-28-40)41-29-18-10-19-30-41/h5-12,14-23,25-35,42H,1,13,24,36-37H2,2-4H3/b7-6+,38-35+/t42-,47?/m1/s1. The normalized spacial score (nSPS) is 16.8. The zero-order valence-corrected chi connectivity index (χ0v) is 30.2. The molecule has 2 atom stereocenters. The molecule has 0 radical (unpaired) electrons. The maximum atomic E-state index is 7.50. The predicted octanol–water partition coefficient (Wildman–Crippen LogP) is 9.69. The lowest BCUT2D eigenvalue weighted by Crippen LogP contribution is -2.66. The highest BCUT2D eigenvalue weighted by Crippen LogP contribution is 2.49. The summed E-state index contributed by atoms with van der Waals surface area (Å²) in [7, 11) is -2.70. The van der Waals surface area contributed by atoms with Crippen LogP contribution in [0.15, 0.2) is 188 Å². The smallest absolute Gasteiger partial charge is 0.261 e. The highest BCUT2D eigenvalue weighted by molar-refractivity contribution is 6.99. The molecule has 1 aliphatic heterocycles. The molecule has 1 fully saturated rings. The van der Waals surface area contributed by atoms with Crippen LogP contribution >= 0.6 is 0 Å². The van der Waals surface area contributed by atoms with Gasteiger partial charge in [0.05, 0.1) is 12.1 Å². The summed E-state index contributed by atoms with van der Waals surface area (Å²) in [6, 6.07) is 55.2. The van der Waals surface area contributed by atoms with Crippen molar-refractivity contribution in [3.05, 3.63) is 205 Å². The van der Waals surface area contributed by atoms with E-state index in [4.69, 9.17) is 4.43 Å². The molecule has 248 valence electrons. The minimum Gasteiger partial charge on any atom is -0.403 e. The Bertz CT molecular complexity index is 1690. The Balaban J connectivity index is 1.42. The fourth-order valence-electron chi connectivity index (χ4n) is 7.62. The van der Waals surface area contributed by atoms with E-state index >= 15 is 0 Å². The molecule has 49 heavy (non-hydrogen) atoms. The number of benzene rings is 5. The van der Waals surface area contributed by atoms with Crippen molar-refractivity contribution in [2.45, 2.75) is 50.2 Å². The van der Waals surface area contributed by atoms with Crippen molar-refractivity contribution in [3.8, 4) is 0 Å². The van der Waals surface area contributed by atoms with E-state index in [0.717, 1.165) is 19.4 Å². The average molecular weight is 660 g/mol. The third kappa shape index (κ3) is 7.11. The van der Waals surface area contributed by atoms with Crippen LogP contribution < -0.4 is 10.4 Å². The molecule has 1 aliphatic rings. The zero-order chi connectivity index (χ0) is 34.2. The topological polar surface area (TPSA) is 12.2 Å². The minimum atomic E-state index is -2.70. The fourth-order valence-corrected chi connectivity index (χ4v) is 12.2. The van der Waals surface area contributed by atoms with Crippen molar-refractivity contribution in [2.75, 3.05) is 13.2 Å². The maximum absolute atomic E-state index is 7.50. The van der Waals surface area contributed by atoms with Crippen LogP contribution in [0, 0.1) is 0 Å². The van der Waals surface area contributed by atoms with Crippen LogP contribution in [0.25, 0.3) is 0 Å². The fraction of sp³-hybridized carbons (Fsp3) is 0.217. The van der Waals surface area contributed by atoms with E-state index in [1.165, 1.54) is 32.6 Å². The van der Waals surface area contributed by atoms with Gasteiger partial charge in [-0.25, -0.2) is 0 Å². The molecule has 5 aromatic rings. The lowest BCUT2D eigenvalue weighted by atomic mass is 9.76. The minimum absolute atomic E-state index is 0.0851. The van der Waals surface area contributed by atoms with Crippen molar-refractivity contribution in [3.63, 3.8) is 0 Å². The molecule has 0 amide bonds. The van der Waals surface area contributed by atoms with Crippen LogP contribution in [0.2, 0.25) is 5.04 Å². The Labute approximate surface area is 295 Å². The molecular formula is C46H49NOSi. The van der Waals surface area contributed by atoms with E-state index in [9.17, 15) is 0 Å². The highest BCUT2D eigenvalue weighted by atomic mass is 28.4. The van der Waals surface area contributed by atoms with Gasteiger partial charge >= 0.3 is 0 Å². The quantitative estimate of drug-likeness (QED) is 0.0387. The van der Waals surface area contributed by atoms with Crippen LogP contribution in [-0.2, 0) is 9.96 Å². The zero-order valence-electron chi connectivity index (χ0n) is 29.2. The van der Waals surface area contributed by atoms with Crippen molar-refractivity contribution in [1.29, 1.82) is 0 Å².